The van der Waals surface area contributed by atoms with Crippen molar-refractivity contribution in [1.29, 1.82) is 0 Å². The van der Waals surface area contributed by atoms with E-state index in [0.29, 0.717) is 0 Å². The molecule has 0 saturated heterocycles. The Hall–Kier alpha value is -0.660. The van der Waals surface area contributed by atoms with Crippen LogP contribution in [0.25, 0.3) is 0 Å². The van der Waals surface area contributed by atoms with Crippen LogP contribution in [0.2, 0.25) is 0 Å². The first-order chi connectivity index (χ1) is 18.2. The van der Waals surface area contributed by atoms with E-state index in [1.165, 1.54) is 0 Å². The summed E-state index contributed by atoms with van der Waals surface area (Å²) in [4.78, 5) is 0. The number of rotatable bonds is 13. The molecule has 30 heteroatoms. The van der Waals surface area contributed by atoms with Crippen molar-refractivity contribution in [2.24, 2.45) is 0 Å². The molecule has 0 radical (unpaired) electrons. The first-order valence-electron chi connectivity index (χ1n) is 8.92. The Labute approximate surface area is 241 Å². The van der Waals surface area contributed by atoms with Crippen molar-refractivity contribution in [3.05, 3.63) is 0 Å². The summed E-state index contributed by atoms with van der Waals surface area (Å²) in [7, 11) is 0. The van der Waals surface area contributed by atoms with Gasteiger partial charge >= 0.3 is 80.2 Å². The molecule has 2 unspecified atom stereocenters. The summed E-state index contributed by atoms with van der Waals surface area (Å²) in [5.74, 6) is -92.9. The summed E-state index contributed by atoms with van der Waals surface area (Å²) in [5, 5.41) is -28.5. The van der Waals surface area contributed by atoms with Crippen LogP contribution in [0.4, 0.5) is 114 Å². The zero-order valence-electron chi connectivity index (χ0n) is 18.3. The fraction of sp³-hybridized carbons (Fsp3) is 1.00. The highest BCUT2D eigenvalue weighted by Gasteiger charge is 3.00. The van der Waals surface area contributed by atoms with Crippen LogP contribution >= 0.6 is 46.4 Å². The van der Waals surface area contributed by atoms with E-state index >= 15 is 0 Å². The molecule has 0 aromatic rings. The quantitative estimate of drug-likeness (QED) is 0.129. The molecule has 0 saturated carbocycles. The van der Waals surface area contributed by atoms with Crippen LogP contribution in [-0.4, -0.2) is 80.2 Å². The maximum absolute atomic E-state index is 13.7. The molecular formula is C14Cl4F26. The molecule has 0 amide bonds. The molecule has 0 aromatic heterocycles. The smallest absolute Gasteiger partial charge is 0.211 e. The summed E-state index contributed by atoms with van der Waals surface area (Å²) >= 11 is 13.8. The van der Waals surface area contributed by atoms with Crippen LogP contribution in [-0.2, 0) is 0 Å². The van der Waals surface area contributed by atoms with Crippen LogP contribution in [0.5, 0.6) is 0 Å². The second kappa shape index (κ2) is 10.4. The number of alkyl halides is 30. The van der Waals surface area contributed by atoms with Crippen molar-refractivity contribution in [2.45, 2.75) is 80.2 Å². The minimum Gasteiger partial charge on any atom is -0.211 e. The van der Waals surface area contributed by atoms with Gasteiger partial charge < -0.3 is 0 Å². The average molecular weight is 804 g/mol. The van der Waals surface area contributed by atoms with Gasteiger partial charge in [-0.2, -0.15) is 105 Å². The Morgan fingerprint density at radius 2 is 0.273 bits per heavy atom. The zero-order chi connectivity index (χ0) is 37.0. The molecule has 0 nitrogen and oxygen atoms in total. The van der Waals surface area contributed by atoms with Gasteiger partial charge in [-0.25, -0.2) is 8.78 Å². The summed E-state index contributed by atoms with van der Waals surface area (Å²) in [6.07, 6.45) is 0. The average Bonchev–Trinajstić information content (AvgIpc) is 2.75. The Morgan fingerprint density at radius 3 is 0.364 bits per heavy atom. The molecule has 0 aliphatic carbocycles. The van der Waals surface area contributed by atoms with Crippen LogP contribution < -0.4 is 0 Å². The number of halogens is 30. The molecule has 0 N–H and O–H groups in total. The van der Waals surface area contributed by atoms with Crippen molar-refractivity contribution in [1.82, 2.24) is 0 Å². The fourth-order valence-electron chi connectivity index (χ4n) is 2.33. The molecular weight excluding hydrogens is 804 g/mol. The minimum atomic E-state index is -9.72. The third-order valence-electron chi connectivity index (χ3n) is 5.05. The van der Waals surface area contributed by atoms with Crippen molar-refractivity contribution in [2.75, 3.05) is 0 Å². The SMILES string of the molecule is FC(F)(Cl)C(F)(Cl)C(F)(F)C(F)(F)C(F)(F)C(F)(F)C(F)(F)C(F)(F)C(F)(F)C(F)(F)C(F)(F)C(F)(F)C(F)(Cl)C(F)(F)Cl. The van der Waals surface area contributed by atoms with Crippen LogP contribution in [0.1, 0.15) is 0 Å². The molecule has 266 valence electrons. The fourth-order valence-corrected chi connectivity index (χ4v) is 2.80. The lowest BCUT2D eigenvalue weighted by Gasteiger charge is -2.46. The normalized spacial score (nSPS) is 19.5. The standard InChI is InChI=1S/C14Cl4F26/c15-1(19,13(17,41)42)3(21,22)5(25,26)7(29,30)9(33,34)11(37,38)12(39,40)10(35,36)8(31,32)6(27,28)4(23,24)2(16,20)14(18,43)44. The van der Waals surface area contributed by atoms with E-state index in [0.717, 1.165) is 0 Å². The highest BCUT2D eigenvalue weighted by Crippen LogP contribution is 2.69. The van der Waals surface area contributed by atoms with E-state index in [9.17, 15) is 114 Å². The summed E-state index contributed by atoms with van der Waals surface area (Å²) in [6.45, 7) is 0. The lowest BCUT2D eigenvalue weighted by molar-refractivity contribution is -0.474. The maximum Gasteiger partial charge on any atom is 0.385 e. The first kappa shape index (κ1) is 43.3. The van der Waals surface area contributed by atoms with E-state index in [-0.39, 0.29) is 0 Å². The van der Waals surface area contributed by atoms with Gasteiger partial charge in [0.15, 0.2) is 0 Å². The molecule has 0 aliphatic rings. The largest absolute Gasteiger partial charge is 0.385 e. The van der Waals surface area contributed by atoms with Gasteiger partial charge in [0.1, 0.15) is 0 Å². The second-order valence-electron chi connectivity index (χ2n) is 7.89. The number of hydrogen-bond donors (Lipinski definition) is 0. The maximum atomic E-state index is 13.7. The summed E-state index contributed by atoms with van der Waals surface area (Å²) < 4.78 is 350. The third kappa shape index (κ3) is 4.97. The van der Waals surface area contributed by atoms with Gasteiger partial charge in [-0.15, -0.1) is 0 Å². The van der Waals surface area contributed by atoms with E-state index in [4.69, 9.17) is 0 Å². The van der Waals surface area contributed by atoms with Crippen molar-refractivity contribution in [3.63, 3.8) is 0 Å². The Morgan fingerprint density at radius 1 is 0.182 bits per heavy atom. The van der Waals surface area contributed by atoms with Gasteiger partial charge in [0.25, 0.3) is 0 Å². The van der Waals surface area contributed by atoms with E-state index < -0.39 is 80.2 Å². The summed E-state index contributed by atoms with van der Waals surface area (Å²) in [6, 6.07) is 0. The Kier molecular flexibility index (Phi) is 10.3. The molecule has 0 heterocycles. The molecule has 0 aliphatic heterocycles. The van der Waals surface area contributed by atoms with Gasteiger partial charge in [-0.3, -0.25) is 0 Å². The van der Waals surface area contributed by atoms with Crippen LogP contribution in [0.15, 0.2) is 0 Å². The zero-order valence-corrected chi connectivity index (χ0v) is 21.4. The monoisotopic (exact) mass is 802 g/mol. The lowest BCUT2D eigenvalue weighted by Crippen LogP contribution is -2.79. The van der Waals surface area contributed by atoms with Gasteiger partial charge in [-0.1, -0.05) is 23.2 Å². The summed E-state index contributed by atoms with van der Waals surface area (Å²) in [5.41, 5.74) is 0. The molecule has 0 spiro atoms. The van der Waals surface area contributed by atoms with Gasteiger partial charge in [0.05, 0.1) is 0 Å². The highest BCUT2D eigenvalue weighted by atomic mass is 35.5. The topological polar surface area (TPSA) is 0 Å². The lowest BCUT2D eigenvalue weighted by atomic mass is 9.84. The molecule has 0 rings (SSSR count). The first-order valence-corrected chi connectivity index (χ1v) is 10.4. The predicted molar refractivity (Wildman–Crippen MR) is 90.5 cm³/mol. The molecule has 44 heavy (non-hydrogen) atoms. The van der Waals surface area contributed by atoms with E-state index in [1.807, 2.05) is 0 Å². The molecule has 0 fully saturated rings. The Balaban J connectivity index is 7.52. The third-order valence-corrected chi connectivity index (χ3v) is 6.71. The number of hydrogen-bond acceptors (Lipinski definition) is 0. The molecule has 2 atom stereocenters. The molecule has 0 aromatic carbocycles. The minimum absolute atomic E-state index is 3.43. The molecule has 0 bridgehead atoms. The van der Waals surface area contributed by atoms with Gasteiger partial charge in [0.2, 0.25) is 0 Å². The van der Waals surface area contributed by atoms with Crippen molar-refractivity contribution < 1.29 is 114 Å². The van der Waals surface area contributed by atoms with E-state index in [1.54, 1.807) is 0 Å². The van der Waals surface area contributed by atoms with Crippen molar-refractivity contribution in [3.8, 4) is 0 Å². The van der Waals surface area contributed by atoms with Crippen LogP contribution in [0, 0.1) is 0 Å². The van der Waals surface area contributed by atoms with Crippen molar-refractivity contribution >= 4 is 46.4 Å². The van der Waals surface area contributed by atoms with E-state index in [2.05, 4.69) is 46.4 Å². The van der Waals surface area contributed by atoms with Gasteiger partial charge in [-0.05, 0) is 23.2 Å². The highest BCUT2D eigenvalue weighted by molar-refractivity contribution is 6.33. The predicted octanol–water partition coefficient (Wildman–Crippen LogP) is 10.8. The Bertz CT molecular complexity index is 980. The van der Waals surface area contributed by atoms with Crippen LogP contribution in [0.3, 0.4) is 0 Å². The van der Waals surface area contributed by atoms with Gasteiger partial charge in [0, 0.05) is 0 Å². The second-order valence-corrected chi connectivity index (χ2v) is 9.88.